The summed E-state index contributed by atoms with van der Waals surface area (Å²) < 4.78 is 1.10. The smallest absolute Gasteiger partial charge is 0.238 e. The lowest BCUT2D eigenvalue weighted by Crippen LogP contribution is -2.16. The van der Waals surface area contributed by atoms with Crippen molar-refractivity contribution in [3.63, 3.8) is 0 Å². The molecule has 5 nitrogen and oxygen atoms in total. The van der Waals surface area contributed by atoms with E-state index in [2.05, 4.69) is 15.3 Å². The summed E-state index contributed by atoms with van der Waals surface area (Å²) in [6.45, 7) is 2.37. The molecule has 0 fully saturated rings. The van der Waals surface area contributed by atoms with E-state index in [-0.39, 0.29) is 5.91 Å². The predicted molar refractivity (Wildman–Crippen MR) is 77.4 cm³/mol. The molecular weight excluding hydrogens is 264 g/mol. The maximum absolute atomic E-state index is 11.4. The fraction of sp³-hybridized carbons (Fsp3) is 0.385. The van der Waals surface area contributed by atoms with E-state index in [9.17, 15) is 4.79 Å². The number of carbonyl (C=O) groups is 1. The molecule has 0 aliphatic carbocycles. The average molecular weight is 281 g/mol. The Bertz CT molecular complexity index is 581. The molecule has 0 radical (unpaired) electrons. The highest BCUT2D eigenvalue weighted by atomic mass is 35.5. The van der Waals surface area contributed by atoms with Gasteiger partial charge >= 0.3 is 0 Å². The number of aryl methyl sites for hydroxylation is 1. The van der Waals surface area contributed by atoms with Gasteiger partial charge in [-0.15, -0.1) is 0 Å². The third-order valence-corrected chi connectivity index (χ3v) is 3.29. The molecular formula is C13H17ClN4O. The molecule has 0 saturated carbocycles. The number of amides is 1. The zero-order valence-corrected chi connectivity index (χ0v) is 11.8. The number of para-hydroxylation sites is 1. The van der Waals surface area contributed by atoms with E-state index < -0.39 is 0 Å². The fourth-order valence-electron chi connectivity index (χ4n) is 1.95. The van der Waals surface area contributed by atoms with Crippen molar-refractivity contribution in [1.82, 2.24) is 15.3 Å². The number of nitrogens with zero attached hydrogens (tertiary/aromatic N) is 2. The zero-order valence-electron chi connectivity index (χ0n) is 11.0. The number of halogens is 1. The van der Waals surface area contributed by atoms with Gasteiger partial charge in [-0.05, 0) is 32.1 Å². The maximum atomic E-state index is 11.4. The summed E-state index contributed by atoms with van der Waals surface area (Å²) in [5.41, 5.74) is 2.23. The van der Waals surface area contributed by atoms with Gasteiger partial charge in [-0.25, -0.2) is 9.40 Å². The molecule has 19 heavy (non-hydrogen) atoms. The lowest BCUT2D eigenvalue weighted by Gasteiger charge is -2.11. The summed E-state index contributed by atoms with van der Waals surface area (Å²) in [6, 6.07) is 5.57. The van der Waals surface area contributed by atoms with Crippen molar-refractivity contribution in [2.75, 3.05) is 18.0 Å². The number of fused-ring (bicyclic) bond motifs is 1. The number of benzene rings is 1. The fourth-order valence-corrected chi connectivity index (χ4v) is 2.08. The van der Waals surface area contributed by atoms with Crippen LogP contribution in [0.2, 0.25) is 0 Å². The van der Waals surface area contributed by atoms with Gasteiger partial charge < -0.3 is 10.3 Å². The van der Waals surface area contributed by atoms with Crippen molar-refractivity contribution < 1.29 is 4.79 Å². The number of carbonyl (C=O) groups excluding carboxylic acids is 1. The third-order valence-electron chi connectivity index (χ3n) is 2.87. The Morgan fingerprint density at radius 1 is 1.53 bits per heavy atom. The summed E-state index contributed by atoms with van der Waals surface area (Å²) in [6.07, 6.45) is 1.86. The van der Waals surface area contributed by atoms with E-state index in [4.69, 9.17) is 11.8 Å². The molecule has 2 rings (SSSR count). The highest BCUT2D eigenvalue weighted by Gasteiger charge is 2.14. The Morgan fingerprint density at radius 2 is 2.32 bits per heavy atom. The quantitative estimate of drug-likeness (QED) is 0.652. The minimum atomic E-state index is -0.228. The standard InChI is InChI=1S/C13H17ClN4O/c1-9(19)18(14)11-6-3-5-10-13(11)17-12(16-10)7-4-8-15-2/h3,5-6,15H,4,7-8H2,1-2H3,(H,16,17). The Kier molecular flexibility index (Phi) is 4.39. The van der Waals surface area contributed by atoms with Crippen LogP contribution in [-0.4, -0.2) is 29.5 Å². The van der Waals surface area contributed by atoms with Crippen LogP contribution in [0, 0.1) is 0 Å². The lowest BCUT2D eigenvalue weighted by atomic mass is 10.2. The summed E-state index contributed by atoms with van der Waals surface area (Å²) in [5.74, 6) is 0.681. The SMILES string of the molecule is CNCCCc1nc2c(N(Cl)C(C)=O)cccc2[nH]1. The summed E-state index contributed by atoms with van der Waals surface area (Å²) in [5, 5.41) is 3.10. The van der Waals surface area contributed by atoms with Crippen LogP contribution in [0.15, 0.2) is 18.2 Å². The van der Waals surface area contributed by atoms with Crippen LogP contribution in [-0.2, 0) is 11.2 Å². The van der Waals surface area contributed by atoms with Crippen LogP contribution in [0.4, 0.5) is 5.69 Å². The molecule has 1 amide bonds. The van der Waals surface area contributed by atoms with E-state index in [1.165, 1.54) is 6.92 Å². The van der Waals surface area contributed by atoms with Gasteiger partial charge in [0.2, 0.25) is 5.91 Å². The molecule has 0 aliphatic heterocycles. The number of aromatic nitrogens is 2. The van der Waals surface area contributed by atoms with Crippen molar-refractivity contribution >= 4 is 34.4 Å². The number of rotatable bonds is 5. The average Bonchev–Trinajstić information content (AvgIpc) is 2.80. The minimum absolute atomic E-state index is 0.228. The molecule has 0 atom stereocenters. The Balaban J connectivity index is 2.31. The molecule has 0 aliphatic rings. The number of aromatic amines is 1. The number of anilines is 1. The first kappa shape index (κ1) is 13.8. The molecule has 2 N–H and O–H groups in total. The molecule has 6 heteroatoms. The molecule has 1 aromatic heterocycles. The number of hydrogen-bond donors (Lipinski definition) is 2. The topological polar surface area (TPSA) is 61.0 Å². The van der Waals surface area contributed by atoms with Crippen LogP contribution in [0.5, 0.6) is 0 Å². The Hall–Kier alpha value is -1.59. The van der Waals surface area contributed by atoms with Gasteiger partial charge in [0, 0.05) is 25.1 Å². The van der Waals surface area contributed by atoms with Gasteiger partial charge in [0.15, 0.2) is 0 Å². The van der Waals surface area contributed by atoms with Crippen LogP contribution in [0.25, 0.3) is 11.0 Å². The van der Waals surface area contributed by atoms with E-state index in [1.807, 2.05) is 19.2 Å². The van der Waals surface area contributed by atoms with Crippen molar-refractivity contribution in [3.8, 4) is 0 Å². The molecule has 0 saturated heterocycles. The first-order valence-corrected chi connectivity index (χ1v) is 6.56. The molecule has 2 aromatic rings. The number of hydrogen-bond acceptors (Lipinski definition) is 3. The highest BCUT2D eigenvalue weighted by Crippen LogP contribution is 2.26. The van der Waals surface area contributed by atoms with Crippen LogP contribution < -0.4 is 9.74 Å². The molecule has 1 heterocycles. The van der Waals surface area contributed by atoms with Crippen molar-refractivity contribution in [1.29, 1.82) is 0 Å². The second-order valence-corrected chi connectivity index (χ2v) is 4.70. The molecule has 0 bridgehead atoms. The molecule has 1 aromatic carbocycles. The van der Waals surface area contributed by atoms with Crippen molar-refractivity contribution in [3.05, 3.63) is 24.0 Å². The summed E-state index contributed by atoms with van der Waals surface area (Å²) in [7, 11) is 1.93. The first-order chi connectivity index (χ1) is 9.13. The second-order valence-electron chi connectivity index (χ2n) is 4.36. The van der Waals surface area contributed by atoms with Gasteiger partial charge in [-0.2, -0.15) is 0 Å². The van der Waals surface area contributed by atoms with Gasteiger partial charge in [0.1, 0.15) is 11.3 Å². The minimum Gasteiger partial charge on any atom is -0.342 e. The molecule has 0 spiro atoms. The number of H-pyrrole nitrogens is 1. The highest BCUT2D eigenvalue weighted by molar-refractivity contribution is 6.37. The van der Waals surface area contributed by atoms with Crippen LogP contribution >= 0.6 is 11.8 Å². The first-order valence-electron chi connectivity index (χ1n) is 6.22. The summed E-state index contributed by atoms with van der Waals surface area (Å²) in [4.78, 5) is 19.1. The van der Waals surface area contributed by atoms with Crippen LogP contribution in [0.1, 0.15) is 19.2 Å². The van der Waals surface area contributed by atoms with Gasteiger partial charge in [0.05, 0.1) is 11.2 Å². The van der Waals surface area contributed by atoms with E-state index in [1.54, 1.807) is 6.07 Å². The number of nitrogens with one attached hydrogen (secondary N) is 2. The van der Waals surface area contributed by atoms with Gasteiger partial charge in [0.25, 0.3) is 0 Å². The summed E-state index contributed by atoms with van der Waals surface area (Å²) >= 11 is 5.98. The van der Waals surface area contributed by atoms with Crippen molar-refractivity contribution in [2.45, 2.75) is 19.8 Å². The van der Waals surface area contributed by atoms with E-state index in [0.717, 1.165) is 40.7 Å². The van der Waals surface area contributed by atoms with E-state index in [0.29, 0.717) is 5.69 Å². The largest absolute Gasteiger partial charge is 0.342 e. The Labute approximate surface area is 117 Å². The van der Waals surface area contributed by atoms with Crippen molar-refractivity contribution in [2.24, 2.45) is 0 Å². The molecule has 0 unspecified atom stereocenters. The Morgan fingerprint density at radius 3 is 3.00 bits per heavy atom. The van der Waals surface area contributed by atoms with Gasteiger partial charge in [-0.1, -0.05) is 6.07 Å². The third kappa shape index (κ3) is 3.05. The van der Waals surface area contributed by atoms with E-state index >= 15 is 0 Å². The second kappa shape index (κ2) is 6.04. The number of imidazole rings is 1. The zero-order chi connectivity index (χ0) is 13.8. The molecule has 102 valence electrons. The monoisotopic (exact) mass is 280 g/mol. The predicted octanol–water partition coefficient (Wildman–Crippen LogP) is 2.22. The van der Waals surface area contributed by atoms with Gasteiger partial charge in [-0.3, -0.25) is 4.79 Å². The normalized spacial score (nSPS) is 10.9. The lowest BCUT2D eigenvalue weighted by molar-refractivity contribution is -0.115. The van der Waals surface area contributed by atoms with Crippen LogP contribution in [0.3, 0.4) is 0 Å². The maximum Gasteiger partial charge on any atom is 0.238 e.